The van der Waals surface area contributed by atoms with Gasteiger partial charge in [0.2, 0.25) is 0 Å². The van der Waals surface area contributed by atoms with Crippen LogP contribution in [0.1, 0.15) is 12.7 Å². The van der Waals surface area contributed by atoms with Crippen molar-refractivity contribution in [1.82, 2.24) is 24.7 Å². The quantitative estimate of drug-likeness (QED) is 0.593. The van der Waals surface area contributed by atoms with Crippen molar-refractivity contribution in [2.24, 2.45) is 0 Å². The lowest BCUT2D eigenvalue weighted by Gasteiger charge is -2.16. The van der Waals surface area contributed by atoms with E-state index in [0.29, 0.717) is 0 Å². The molecule has 4 aromatic rings. The van der Waals surface area contributed by atoms with Crippen molar-refractivity contribution in [3.8, 4) is 11.1 Å². The van der Waals surface area contributed by atoms with Crippen molar-refractivity contribution in [2.45, 2.75) is 26.4 Å². The third-order valence-corrected chi connectivity index (χ3v) is 4.81. The van der Waals surface area contributed by atoms with Gasteiger partial charge in [0.15, 0.2) is 0 Å². The summed E-state index contributed by atoms with van der Waals surface area (Å²) in [5.41, 5.74) is 2.34. The molecule has 3 aromatic heterocycles. The Morgan fingerprint density at radius 1 is 1.20 bits per heavy atom. The lowest BCUT2D eigenvalue weighted by molar-refractivity contribution is 0.558. The van der Waals surface area contributed by atoms with Crippen LogP contribution in [0.15, 0.2) is 48.4 Å². The fourth-order valence-corrected chi connectivity index (χ4v) is 3.86. The normalized spacial score (nSPS) is 12.4. The van der Waals surface area contributed by atoms with E-state index in [1.54, 1.807) is 24.0 Å². The minimum Gasteiger partial charge on any atom is -0.365 e. The summed E-state index contributed by atoms with van der Waals surface area (Å²) in [7, 11) is 0. The maximum Gasteiger partial charge on any atom is 0.139 e. The lowest BCUT2D eigenvalue weighted by atomic mass is 10.1. The molecule has 0 radical (unpaired) electrons. The number of aryl methyl sites for hydroxylation is 1. The van der Waals surface area contributed by atoms with Crippen LogP contribution in [0.4, 0.5) is 5.82 Å². The topological polar surface area (TPSA) is 68.5 Å². The first-order valence-electron chi connectivity index (χ1n) is 8.11. The van der Waals surface area contributed by atoms with Crippen LogP contribution in [-0.4, -0.2) is 30.8 Å². The number of nitrogens with zero attached hydrogens (tertiary/aromatic N) is 5. The number of anilines is 1. The van der Waals surface area contributed by atoms with Gasteiger partial charge in [0.05, 0.1) is 11.9 Å². The average Bonchev–Trinajstić information content (AvgIpc) is 3.25. The van der Waals surface area contributed by atoms with Crippen molar-refractivity contribution >= 4 is 27.4 Å². The van der Waals surface area contributed by atoms with Gasteiger partial charge in [0, 0.05) is 17.0 Å². The van der Waals surface area contributed by atoms with Crippen LogP contribution in [0.2, 0.25) is 0 Å². The number of hydrogen-bond acceptors (Lipinski definition) is 6. The van der Waals surface area contributed by atoms with Gasteiger partial charge in [-0.2, -0.15) is 5.10 Å². The molecule has 1 N–H and O–H groups in total. The van der Waals surface area contributed by atoms with Crippen molar-refractivity contribution in [3.63, 3.8) is 0 Å². The number of aromatic nitrogens is 5. The zero-order valence-electron chi connectivity index (χ0n) is 14.0. The van der Waals surface area contributed by atoms with E-state index >= 15 is 0 Å². The van der Waals surface area contributed by atoms with Crippen LogP contribution in [0.3, 0.4) is 0 Å². The van der Waals surface area contributed by atoms with Crippen LogP contribution in [0.25, 0.3) is 21.3 Å². The molecule has 0 bridgehead atoms. The fraction of sp³-hybridized carbons (Fsp3) is 0.222. The Morgan fingerprint density at radius 3 is 2.80 bits per heavy atom. The molecule has 25 heavy (non-hydrogen) atoms. The molecule has 0 fully saturated rings. The molecule has 0 aliphatic heterocycles. The smallest absolute Gasteiger partial charge is 0.139 e. The van der Waals surface area contributed by atoms with Gasteiger partial charge < -0.3 is 5.32 Å². The van der Waals surface area contributed by atoms with Crippen LogP contribution < -0.4 is 5.32 Å². The van der Waals surface area contributed by atoms with Gasteiger partial charge in [-0.1, -0.05) is 30.3 Å². The molecule has 0 saturated carbocycles. The van der Waals surface area contributed by atoms with E-state index in [2.05, 4.69) is 49.8 Å². The second-order valence-electron chi connectivity index (χ2n) is 5.98. The number of nitrogens with one attached hydrogen (secondary N) is 1. The maximum atomic E-state index is 4.67. The highest BCUT2D eigenvalue weighted by atomic mass is 32.1. The molecule has 1 aromatic carbocycles. The molecule has 0 amide bonds. The highest BCUT2D eigenvalue weighted by Crippen LogP contribution is 2.37. The van der Waals surface area contributed by atoms with E-state index in [0.717, 1.165) is 34.0 Å². The summed E-state index contributed by atoms with van der Waals surface area (Å²) in [4.78, 5) is 14.3. The Kier molecular flexibility index (Phi) is 4.15. The Balaban J connectivity index is 1.73. The van der Waals surface area contributed by atoms with Gasteiger partial charge in [-0.15, -0.1) is 11.3 Å². The summed E-state index contributed by atoms with van der Waals surface area (Å²) >= 11 is 1.65. The van der Waals surface area contributed by atoms with Gasteiger partial charge in [-0.25, -0.2) is 15.0 Å². The van der Waals surface area contributed by atoms with Gasteiger partial charge in [-0.3, -0.25) is 4.68 Å². The van der Waals surface area contributed by atoms with Crippen molar-refractivity contribution in [3.05, 3.63) is 54.2 Å². The molecule has 1 atom stereocenters. The van der Waals surface area contributed by atoms with Gasteiger partial charge >= 0.3 is 0 Å². The number of thiophene rings is 1. The largest absolute Gasteiger partial charge is 0.365 e. The molecule has 0 aliphatic carbocycles. The molecule has 6 nitrogen and oxygen atoms in total. The van der Waals surface area contributed by atoms with Crippen molar-refractivity contribution in [1.29, 1.82) is 0 Å². The maximum absolute atomic E-state index is 4.67. The molecule has 0 spiro atoms. The van der Waals surface area contributed by atoms with Crippen LogP contribution in [0, 0.1) is 6.92 Å². The zero-order chi connectivity index (χ0) is 17.2. The van der Waals surface area contributed by atoms with Crippen LogP contribution in [0.5, 0.6) is 0 Å². The van der Waals surface area contributed by atoms with E-state index in [1.165, 1.54) is 5.56 Å². The Bertz CT molecular complexity index is 978. The second-order valence-corrected chi connectivity index (χ2v) is 6.84. The molecule has 7 heteroatoms. The first-order valence-corrected chi connectivity index (χ1v) is 8.99. The minimum absolute atomic E-state index is 0.155. The van der Waals surface area contributed by atoms with Crippen molar-refractivity contribution in [2.75, 3.05) is 5.32 Å². The fourth-order valence-electron chi connectivity index (χ4n) is 2.87. The first-order chi connectivity index (χ1) is 12.2. The molecular weight excluding hydrogens is 332 g/mol. The number of hydrogen-bond donors (Lipinski definition) is 1. The third kappa shape index (κ3) is 3.23. The molecule has 0 saturated heterocycles. The summed E-state index contributed by atoms with van der Waals surface area (Å²) in [6.07, 6.45) is 3.27. The number of fused-ring (bicyclic) bond motifs is 1. The van der Waals surface area contributed by atoms with E-state index < -0.39 is 0 Å². The van der Waals surface area contributed by atoms with Crippen molar-refractivity contribution < 1.29 is 0 Å². The Labute approximate surface area is 149 Å². The predicted octanol–water partition coefficient (Wildman–Crippen LogP) is 3.76. The molecule has 0 aliphatic rings. The van der Waals surface area contributed by atoms with Crippen LogP contribution >= 0.6 is 11.3 Å². The third-order valence-electron chi connectivity index (χ3n) is 3.94. The SMILES string of the molecule is Cc1nc(N[C@H](C)Cn2cncn2)c2c(-c3ccccc3)csc2n1. The van der Waals surface area contributed by atoms with Crippen LogP contribution in [-0.2, 0) is 6.54 Å². The standard InChI is InChI=1S/C18H18N6S/c1-12(8-24-11-19-10-20-24)21-17-16-15(14-6-4-3-5-7-14)9-25-18(16)23-13(2)22-17/h3-7,9-12H,8H2,1-2H3,(H,21,22,23)/t12-/m1/s1. The minimum atomic E-state index is 0.155. The van der Waals surface area contributed by atoms with E-state index in [-0.39, 0.29) is 6.04 Å². The summed E-state index contributed by atoms with van der Waals surface area (Å²) in [5.74, 6) is 1.64. The summed E-state index contributed by atoms with van der Waals surface area (Å²) in [6, 6.07) is 10.5. The van der Waals surface area contributed by atoms with Gasteiger partial charge in [0.1, 0.15) is 29.1 Å². The Morgan fingerprint density at radius 2 is 2.04 bits per heavy atom. The second kappa shape index (κ2) is 6.60. The first kappa shape index (κ1) is 15.7. The highest BCUT2D eigenvalue weighted by molar-refractivity contribution is 7.17. The molecule has 0 unspecified atom stereocenters. The molecular formula is C18H18N6S. The van der Waals surface area contributed by atoms with E-state index in [9.17, 15) is 0 Å². The van der Waals surface area contributed by atoms with Gasteiger partial charge in [0.25, 0.3) is 0 Å². The average molecular weight is 350 g/mol. The van der Waals surface area contributed by atoms with E-state index in [1.807, 2.05) is 29.8 Å². The monoisotopic (exact) mass is 350 g/mol. The summed E-state index contributed by atoms with van der Waals surface area (Å²) < 4.78 is 1.81. The number of rotatable bonds is 5. The molecule has 126 valence electrons. The zero-order valence-corrected chi connectivity index (χ0v) is 14.9. The Hall–Kier alpha value is -2.80. The summed E-state index contributed by atoms with van der Waals surface area (Å²) in [5, 5.41) is 10.9. The highest BCUT2D eigenvalue weighted by Gasteiger charge is 2.16. The predicted molar refractivity (Wildman–Crippen MR) is 101 cm³/mol. The lowest BCUT2D eigenvalue weighted by Crippen LogP contribution is -2.23. The molecule has 3 heterocycles. The molecule has 4 rings (SSSR count). The summed E-state index contributed by atoms with van der Waals surface area (Å²) in [6.45, 7) is 4.75. The van der Waals surface area contributed by atoms with Gasteiger partial charge in [-0.05, 0) is 19.4 Å². The number of benzene rings is 1. The van der Waals surface area contributed by atoms with E-state index in [4.69, 9.17) is 0 Å².